The average molecular weight is 147 g/mol. The zero-order valence-electron chi connectivity index (χ0n) is 5.66. The standard InChI is InChI=1S/C4H10BNO2S/c1-6(4-3-5)9(2,7)8/h3-4H2,1-2H3. The molecule has 5 heteroatoms. The first-order valence-electron chi connectivity index (χ1n) is 2.60. The summed E-state index contributed by atoms with van der Waals surface area (Å²) in [4.78, 5) is 0. The lowest BCUT2D eigenvalue weighted by molar-refractivity contribution is 0.492. The van der Waals surface area contributed by atoms with Crippen molar-refractivity contribution in [3.63, 3.8) is 0 Å². The third-order valence-corrected chi connectivity index (χ3v) is 2.33. The van der Waals surface area contributed by atoms with Crippen LogP contribution in [-0.2, 0) is 10.0 Å². The van der Waals surface area contributed by atoms with Crippen molar-refractivity contribution in [2.24, 2.45) is 0 Å². The van der Waals surface area contributed by atoms with Crippen LogP contribution in [-0.4, -0.2) is 40.4 Å². The summed E-state index contributed by atoms with van der Waals surface area (Å²) in [6, 6.07) is 0. The number of rotatable bonds is 3. The molecule has 0 bridgehead atoms. The summed E-state index contributed by atoms with van der Waals surface area (Å²) in [5.41, 5.74) is 0. The summed E-state index contributed by atoms with van der Waals surface area (Å²) in [5.74, 6) is 0. The van der Waals surface area contributed by atoms with E-state index >= 15 is 0 Å². The molecule has 0 aliphatic heterocycles. The van der Waals surface area contributed by atoms with Crippen molar-refractivity contribution in [1.82, 2.24) is 4.31 Å². The lowest BCUT2D eigenvalue weighted by Crippen LogP contribution is -2.26. The van der Waals surface area contributed by atoms with E-state index in [1.807, 2.05) is 0 Å². The molecule has 0 saturated heterocycles. The summed E-state index contributed by atoms with van der Waals surface area (Å²) < 4.78 is 22.4. The van der Waals surface area contributed by atoms with Crippen molar-refractivity contribution in [1.29, 1.82) is 0 Å². The zero-order chi connectivity index (χ0) is 7.49. The van der Waals surface area contributed by atoms with E-state index < -0.39 is 10.0 Å². The topological polar surface area (TPSA) is 37.4 Å². The molecule has 0 saturated carbocycles. The van der Waals surface area contributed by atoms with Gasteiger partial charge in [0.2, 0.25) is 10.0 Å². The largest absolute Gasteiger partial charge is 0.213 e. The Morgan fingerprint density at radius 1 is 1.56 bits per heavy atom. The normalized spacial score (nSPS) is 12.3. The van der Waals surface area contributed by atoms with E-state index in [9.17, 15) is 8.42 Å². The summed E-state index contributed by atoms with van der Waals surface area (Å²) in [6.45, 7) is 0.388. The van der Waals surface area contributed by atoms with Gasteiger partial charge >= 0.3 is 0 Å². The number of hydrogen-bond acceptors (Lipinski definition) is 2. The molecule has 52 valence electrons. The van der Waals surface area contributed by atoms with Crippen molar-refractivity contribution in [3.05, 3.63) is 0 Å². The molecule has 0 amide bonds. The highest BCUT2D eigenvalue weighted by molar-refractivity contribution is 7.88. The third kappa shape index (κ3) is 3.53. The molecule has 0 aromatic rings. The number of sulfonamides is 1. The van der Waals surface area contributed by atoms with Gasteiger partial charge in [-0.05, 0) is 0 Å². The van der Waals surface area contributed by atoms with Crippen molar-refractivity contribution in [3.8, 4) is 0 Å². The highest BCUT2D eigenvalue weighted by Gasteiger charge is 2.07. The lowest BCUT2D eigenvalue weighted by Gasteiger charge is -2.11. The van der Waals surface area contributed by atoms with Crippen LogP contribution < -0.4 is 0 Å². The molecule has 2 radical (unpaired) electrons. The molecule has 0 aliphatic carbocycles. The van der Waals surface area contributed by atoms with Crippen LogP contribution >= 0.6 is 0 Å². The van der Waals surface area contributed by atoms with Gasteiger partial charge < -0.3 is 0 Å². The fourth-order valence-electron chi connectivity index (χ4n) is 0.348. The highest BCUT2D eigenvalue weighted by Crippen LogP contribution is 1.92. The minimum Gasteiger partial charge on any atom is -0.213 e. The van der Waals surface area contributed by atoms with Crippen molar-refractivity contribution in [2.45, 2.75) is 6.32 Å². The molecule has 0 spiro atoms. The SMILES string of the molecule is [B]CCN(C)S(C)(=O)=O. The lowest BCUT2D eigenvalue weighted by atomic mass is 10.1. The number of nitrogens with zero attached hydrogens (tertiary/aromatic N) is 1. The molecule has 9 heavy (non-hydrogen) atoms. The fraction of sp³-hybridized carbons (Fsp3) is 1.00. The molecule has 0 heterocycles. The third-order valence-electron chi connectivity index (χ3n) is 1.01. The summed E-state index contributed by atoms with van der Waals surface area (Å²) in [7, 11) is 3.61. The van der Waals surface area contributed by atoms with Gasteiger partial charge in [-0.1, -0.05) is 6.32 Å². The predicted octanol–water partition coefficient (Wildman–Crippen LogP) is -0.535. The van der Waals surface area contributed by atoms with Crippen LogP contribution in [0.15, 0.2) is 0 Å². The van der Waals surface area contributed by atoms with E-state index in [0.717, 1.165) is 6.26 Å². The molecule has 0 unspecified atom stereocenters. The van der Waals surface area contributed by atoms with E-state index in [0.29, 0.717) is 12.9 Å². The highest BCUT2D eigenvalue weighted by atomic mass is 32.2. The van der Waals surface area contributed by atoms with Crippen LogP contribution in [0.1, 0.15) is 0 Å². The quantitative estimate of drug-likeness (QED) is 0.503. The fourth-order valence-corrected chi connectivity index (χ4v) is 0.785. The maximum Gasteiger partial charge on any atom is 0.210 e. The van der Waals surface area contributed by atoms with Gasteiger partial charge in [0.25, 0.3) is 0 Å². The van der Waals surface area contributed by atoms with Gasteiger partial charge in [0.15, 0.2) is 0 Å². The maximum absolute atomic E-state index is 10.6. The van der Waals surface area contributed by atoms with Crippen LogP contribution in [0, 0.1) is 0 Å². The van der Waals surface area contributed by atoms with Gasteiger partial charge in [-0.25, -0.2) is 12.7 Å². The summed E-state index contributed by atoms with van der Waals surface area (Å²) in [5, 5.41) is 0. The summed E-state index contributed by atoms with van der Waals surface area (Å²) >= 11 is 0. The maximum atomic E-state index is 10.6. The molecule has 0 atom stereocenters. The van der Waals surface area contributed by atoms with Gasteiger partial charge in [-0.3, -0.25) is 0 Å². The molecule has 0 aromatic heterocycles. The molecule has 0 N–H and O–H groups in total. The van der Waals surface area contributed by atoms with Gasteiger partial charge in [0, 0.05) is 13.6 Å². The Bertz CT molecular complexity index is 165. The van der Waals surface area contributed by atoms with E-state index in [2.05, 4.69) is 0 Å². The Kier molecular flexibility index (Phi) is 3.21. The molecular formula is C4H10BNO2S. The Morgan fingerprint density at radius 3 is 2.11 bits per heavy atom. The van der Waals surface area contributed by atoms with E-state index in [1.54, 1.807) is 0 Å². The number of hydrogen-bond donors (Lipinski definition) is 0. The summed E-state index contributed by atoms with van der Waals surface area (Å²) in [6.07, 6.45) is 1.52. The first-order valence-corrected chi connectivity index (χ1v) is 4.44. The van der Waals surface area contributed by atoms with Crippen LogP contribution in [0.2, 0.25) is 6.32 Å². The van der Waals surface area contributed by atoms with Gasteiger partial charge in [0.05, 0.1) is 14.1 Å². The van der Waals surface area contributed by atoms with E-state index in [1.165, 1.54) is 11.4 Å². The van der Waals surface area contributed by atoms with Gasteiger partial charge in [-0.2, -0.15) is 0 Å². The van der Waals surface area contributed by atoms with Crippen molar-refractivity contribution in [2.75, 3.05) is 19.8 Å². The average Bonchev–Trinajstić information content (AvgIpc) is 1.64. The molecule has 0 fully saturated rings. The van der Waals surface area contributed by atoms with Crippen LogP contribution in [0.4, 0.5) is 0 Å². The minimum atomic E-state index is -3.01. The molecule has 0 rings (SSSR count). The Hall–Kier alpha value is -0.0251. The predicted molar refractivity (Wildman–Crippen MR) is 38.0 cm³/mol. The van der Waals surface area contributed by atoms with Crippen LogP contribution in [0.5, 0.6) is 0 Å². The van der Waals surface area contributed by atoms with Crippen LogP contribution in [0.25, 0.3) is 0 Å². The Balaban J connectivity index is 3.90. The van der Waals surface area contributed by atoms with Gasteiger partial charge in [0.1, 0.15) is 0 Å². The Labute approximate surface area is 57.5 Å². The minimum absolute atomic E-state index is 0.365. The first kappa shape index (κ1) is 8.97. The second-order valence-corrected chi connectivity index (χ2v) is 3.96. The van der Waals surface area contributed by atoms with E-state index in [-0.39, 0.29) is 0 Å². The van der Waals surface area contributed by atoms with E-state index in [4.69, 9.17) is 7.85 Å². The molecule has 0 aliphatic rings. The van der Waals surface area contributed by atoms with Gasteiger partial charge in [-0.15, -0.1) is 0 Å². The van der Waals surface area contributed by atoms with Crippen molar-refractivity contribution >= 4 is 17.9 Å². The smallest absolute Gasteiger partial charge is 0.210 e. The molecular weight excluding hydrogens is 137 g/mol. The zero-order valence-corrected chi connectivity index (χ0v) is 6.48. The second kappa shape index (κ2) is 3.22. The van der Waals surface area contributed by atoms with Crippen LogP contribution in [0.3, 0.4) is 0 Å². The molecule has 3 nitrogen and oxygen atoms in total. The van der Waals surface area contributed by atoms with Crippen molar-refractivity contribution < 1.29 is 8.42 Å². The molecule has 0 aromatic carbocycles. The second-order valence-electron chi connectivity index (χ2n) is 1.87. The first-order chi connectivity index (χ1) is 3.98. The monoisotopic (exact) mass is 147 g/mol. The Morgan fingerprint density at radius 2 is 2.00 bits per heavy atom.